The number of hydrogen-bond donors (Lipinski definition) is 1. The maximum Gasteiger partial charge on any atom is 0.129 e. The molecule has 0 atom stereocenters. The van der Waals surface area contributed by atoms with Crippen LogP contribution < -0.4 is 15.0 Å². The Hall–Kier alpha value is -3.05. The Morgan fingerprint density at radius 1 is 0.862 bits per heavy atom. The van der Waals surface area contributed by atoms with Crippen LogP contribution in [0.15, 0.2) is 72.8 Å². The topological polar surface area (TPSA) is 33.7 Å². The molecule has 0 spiro atoms. The Labute approximate surface area is 170 Å². The Bertz CT molecular complexity index is 924. The number of hydrogen-bond acceptors (Lipinski definition) is 4. The van der Waals surface area contributed by atoms with E-state index in [4.69, 9.17) is 9.47 Å². The van der Waals surface area contributed by atoms with Crippen molar-refractivity contribution in [1.82, 2.24) is 0 Å². The normalized spacial score (nSPS) is 13.9. The second kappa shape index (κ2) is 9.43. The summed E-state index contributed by atoms with van der Waals surface area (Å²) in [6.07, 6.45) is 0. The van der Waals surface area contributed by atoms with E-state index in [1.54, 1.807) is 12.1 Å². The highest BCUT2D eigenvalue weighted by Gasteiger charge is 2.11. The van der Waals surface area contributed by atoms with Gasteiger partial charge in [0, 0.05) is 42.1 Å². The van der Waals surface area contributed by atoms with Crippen LogP contribution in [0.3, 0.4) is 0 Å². The lowest BCUT2D eigenvalue weighted by Crippen LogP contribution is -2.36. The highest BCUT2D eigenvalue weighted by atomic mass is 19.1. The maximum absolute atomic E-state index is 13.8. The van der Waals surface area contributed by atoms with E-state index in [-0.39, 0.29) is 12.4 Å². The van der Waals surface area contributed by atoms with Gasteiger partial charge in [0.1, 0.15) is 18.2 Å². The molecule has 1 N–H and O–H groups in total. The monoisotopic (exact) mass is 392 g/mol. The van der Waals surface area contributed by atoms with Crippen molar-refractivity contribution in [2.45, 2.75) is 13.2 Å². The van der Waals surface area contributed by atoms with Crippen LogP contribution in [0.1, 0.15) is 11.1 Å². The van der Waals surface area contributed by atoms with E-state index in [0.29, 0.717) is 12.1 Å². The van der Waals surface area contributed by atoms with E-state index < -0.39 is 0 Å². The number of ether oxygens (including phenoxy) is 2. The average molecular weight is 392 g/mol. The number of anilines is 2. The summed E-state index contributed by atoms with van der Waals surface area (Å²) in [6, 6.07) is 23.0. The lowest BCUT2D eigenvalue weighted by Gasteiger charge is -2.29. The molecular formula is C24H25FN2O2. The number of nitrogens with one attached hydrogen (secondary N) is 1. The number of morpholine rings is 1. The van der Waals surface area contributed by atoms with Crippen LogP contribution in [0.25, 0.3) is 0 Å². The van der Waals surface area contributed by atoms with Gasteiger partial charge in [-0.15, -0.1) is 0 Å². The van der Waals surface area contributed by atoms with Crippen molar-refractivity contribution in [1.29, 1.82) is 0 Å². The lowest BCUT2D eigenvalue weighted by molar-refractivity contribution is 0.122. The maximum atomic E-state index is 13.8. The van der Waals surface area contributed by atoms with Crippen LogP contribution >= 0.6 is 0 Å². The van der Waals surface area contributed by atoms with Crippen LogP contribution in [0.5, 0.6) is 5.75 Å². The largest absolute Gasteiger partial charge is 0.488 e. The van der Waals surface area contributed by atoms with E-state index >= 15 is 0 Å². The molecular weight excluding hydrogens is 367 g/mol. The molecule has 5 heteroatoms. The van der Waals surface area contributed by atoms with Gasteiger partial charge in [-0.05, 0) is 36.4 Å². The van der Waals surface area contributed by atoms with Crippen molar-refractivity contribution in [2.75, 3.05) is 36.5 Å². The third-order valence-corrected chi connectivity index (χ3v) is 5.04. The molecule has 0 saturated carbocycles. The smallest absolute Gasteiger partial charge is 0.129 e. The summed E-state index contributed by atoms with van der Waals surface area (Å²) >= 11 is 0. The third kappa shape index (κ3) is 5.06. The number of para-hydroxylation sites is 1. The molecule has 1 aliphatic rings. The van der Waals surface area contributed by atoms with Crippen molar-refractivity contribution in [3.05, 3.63) is 89.7 Å². The summed E-state index contributed by atoms with van der Waals surface area (Å²) in [5.41, 5.74) is 3.84. The zero-order chi connectivity index (χ0) is 19.9. The minimum atomic E-state index is -0.247. The second-order valence-electron chi connectivity index (χ2n) is 6.99. The van der Waals surface area contributed by atoms with E-state index in [0.717, 1.165) is 43.3 Å². The first-order chi connectivity index (χ1) is 14.3. The molecule has 1 heterocycles. The van der Waals surface area contributed by atoms with Crippen molar-refractivity contribution >= 4 is 11.4 Å². The van der Waals surface area contributed by atoms with Gasteiger partial charge in [0.15, 0.2) is 0 Å². The Kier molecular flexibility index (Phi) is 6.27. The summed E-state index contributed by atoms with van der Waals surface area (Å²) in [5.74, 6) is 0.511. The standard InChI is InChI=1S/C24H25FN2O2/c25-23-7-3-1-6-20(23)18-29-24-8-4-2-5-19(24)17-26-21-9-11-22(12-10-21)27-13-15-28-16-14-27/h1-12,26H,13-18H2. The predicted octanol–water partition coefficient (Wildman–Crippen LogP) is 4.85. The summed E-state index contributed by atoms with van der Waals surface area (Å²) < 4.78 is 25.1. The average Bonchev–Trinajstić information content (AvgIpc) is 2.79. The fourth-order valence-electron chi connectivity index (χ4n) is 3.37. The lowest BCUT2D eigenvalue weighted by atomic mass is 10.2. The van der Waals surface area contributed by atoms with Gasteiger partial charge in [-0.25, -0.2) is 4.39 Å². The first kappa shape index (κ1) is 19.3. The van der Waals surface area contributed by atoms with Gasteiger partial charge in [-0.1, -0.05) is 36.4 Å². The molecule has 1 saturated heterocycles. The molecule has 4 rings (SSSR count). The van der Waals surface area contributed by atoms with Crippen LogP contribution in [0.2, 0.25) is 0 Å². The van der Waals surface area contributed by atoms with Gasteiger partial charge >= 0.3 is 0 Å². The van der Waals surface area contributed by atoms with Crippen LogP contribution in [0, 0.1) is 5.82 Å². The second-order valence-corrected chi connectivity index (χ2v) is 6.99. The first-order valence-corrected chi connectivity index (χ1v) is 9.90. The van der Waals surface area contributed by atoms with Crippen molar-refractivity contribution in [2.24, 2.45) is 0 Å². The molecule has 29 heavy (non-hydrogen) atoms. The van der Waals surface area contributed by atoms with Gasteiger partial charge < -0.3 is 19.7 Å². The fourth-order valence-corrected chi connectivity index (χ4v) is 3.37. The molecule has 1 aliphatic heterocycles. The highest BCUT2D eigenvalue weighted by molar-refractivity contribution is 5.55. The molecule has 0 bridgehead atoms. The third-order valence-electron chi connectivity index (χ3n) is 5.04. The van der Waals surface area contributed by atoms with Gasteiger partial charge in [-0.3, -0.25) is 0 Å². The highest BCUT2D eigenvalue weighted by Crippen LogP contribution is 2.23. The fraction of sp³-hybridized carbons (Fsp3) is 0.250. The Balaban J connectivity index is 1.36. The van der Waals surface area contributed by atoms with E-state index in [2.05, 4.69) is 34.5 Å². The van der Waals surface area contributed by atoms with Crippen LogP contribution in [-0.2, 0) is 17.9 Å². The summed E-state index contributed by atoms with van der Waals surface area (Å²) in [4.78, 5) is 2.33. The molecule has 0 aliphatic carbocycles. The van der Waals surface area contributed by atoms with Crippen LogP contribution in [-0.4, -0.2) is 26.3 Å². The molecule has 0 amide bonds. The molecule has 4 nitrogen and oxygen atoms in total. The van der Waals surface area contributed by atoms with Crippen molar-refractivity contribution < 1.29 is 13.9 Å². The SMILES string of the molecule is Fc1ccccc1COc1ccccc1CNc1ccc(N2CCOCC2)cc1. The number of nitrogens with zero attached hydrogens (tertiary/aromatic N) is 1. The minimum Gasteiger partial charge on any atom is -0.488 e. The van der Waals surface area contributed by atoms with Gasteiger partial charge in [-0.2, -0.15) is 0 Å². The number of benzene rings is 3. The quantitative estimate of drug-likeness (QED) is 0.623. The van der Waals surface area contributed by atoms with E-state index in [1.165, 1.54) is 11.8 Å². The Morgan fingerprint density at radius 3 is 2.31 bits per heavy atom. The van der Waals surface area contributed by atoms with Crippen molar-refractivity contribution in [3.63, 3.8) is 0 Å². The molecule has 3 aromatic carbocycles. The molecule has 3 aromatic rings. The molecule has 1 fully saturated rings. The van der Waals surface area contributed by atoms with Gasteiger partial charge in [0.05, 0.1) is 13.2 Å². The zero-order valence-corrected chi connectivity index (χ0v) is 16.3. The molecule has 0 radical (unpaired) electrons. The van der Waals surface area contributed by atoms with Gasteiger partial charge in [0.25, 0.3) is 0 Å². The summed E-state index contributed by atoms with van der Waals surface area (Å²) in [5, 5.41) is 3.44. The summed E-state index contributed by atoms with van der Waals surface area (Å²) in [7, 11) is 0. The molecule has 0 aromatic heterocycles. The first-order valence-electron chi connectivity index (χ1n) is 9.90. The molecule has 150 valence electrons. The number of rotatable bonds is 7. The van der Waals surface area contributed by atoms with E-state index in [9.17, 15) is 4.39 Å². The van der Waals surface area contributed by atoms with E-state index in [1.807, 2.05) is 30.3 Å². The van der Waals surface area contributed by atoms with Crippen molar-refractivity contribution in [3.8, 4) is 5.75 Å². The van der Waals surface area contributed by atoms with Gasteiger partial charge in [0.2, 0.25) is 0 Å². The minimum absolute atomic E-state index is 0.206. The summed E-state index contributed by atoms with van der Waals surface area (Å²) in [6.45, 7) is 4.26. The predicted molar refractivity (Wildman–Crippen MR) is 114 cm³/mol. The number of halogens is 1. The van der Waals surface area contributed by atoms with Crippen LogP contribution in [0.4, 0.5) is 15.8 Å². The molecule has 0 unspecified atom stereocenters. The zero-order valence-electron chi connectivity index (χ0n) is 16.3. The Morgan fingerprint density at radius 2 is 1.55 bits per heavy atom.